The number of benzene rings is 1. The van der Waals surface area contributed by atoms with Crippen molar-refractivity contribution >= 4 is 15.7 Å². The number of halogens is 1. The summed E-state index contributed by atoms with van der Waals surface area (Å²) in [5.41, 5.74) is 6.08. The molecule has 0 heterocycles. The minimum Gasteiger partial charge on any atom is -0.326 e. The molecule has 0 aromatic heterocycles. The van der Waals surface area contributed by atoms with Crippen molar-refractivity contribution in [3.63, 3.8) is 0 Å². The molecule has 1 rings (SSSR count). The maximum atomic E-state index is 13.3. The van der Waals surface area contributed by atoms with Crippen LogP contribution in [0.2, 0.25) is 0 Å². The molecule has 1 aromatic carbocycles. The molecule has 0 amide bonds. The fourth-order valence-corrected chi connectivity index (χ4v) is 1.60. The van der Waals surface area contributed by atoms with Crippen LogP contribution >= 0.6 is 0 Å². The summed E-state index contributed by atoms with van der Waals surface area (Å²) in [6, 6.07) is 4.16. The fourth-order valence-electron chi connectivity index (χ4n) is 1.11. The Hall–Kier alpha value is -1.14. The Labute approximate surface area is 88.6 Å². The second-order valence-corrected chi connectivity index (χ2v) is 5.23. The molecule has 0 saturated carbocycles. The normalized spacial score (nSPS) is 11.5. The first-order valence-electron chi connectivity index (χ1n) is 4.28. The van der Waals surface area contributed by atoms with Gasteiger partial charge in [-0.05, 0) is 17.7 Å². The minimum absolute atomic E-state index is 0.0143. The van der Waals surface area contributed by atoms with Crippen LogP contribution in [0.5, 0.6) is 0 Å². The molecule has 0 saturated heterocycles. The summed E-state index contributed by atoms with van der Waals surface area (Å²) in [7, 11) is -2.15. The third-order valence-electron chi connectivity index (χ3n) is 2.08. The first-order valence-corrected chi connectivity index (χ1v) is 6.13. The predicted octanol–water partition coefficient (Wildman–Crippen LogP) is 0.680. The summed E-state index contributed by atoms with van der Waals surface area (Å²) in [5, 5.41) is 0. The van der Waals surface area contributed by atoms with Gasteiger partial charge in [0, 0.05) is 13.6 Å². The average Bonchev–Trinajstić information content (AvgIpc) is 2.16. The van der Waals surface area contributed by atoms with Crippen LogP contribution in [-0.2, 0) is 16.6 Å². The van der Waals surface area contributed by atoms with E-state index in [2.05, 4.69) is 0 Å². The van der Waals surface area contributed by atoms with Gasteiger partial charge in [-0.2, -0.15) is 0 Å². The third kappa shape index (κ3) is 2.66. The lowest BCUT2D eigenvalue weighted by molar-refractivity contribution is 0.595. The summed E-state index contributed by atoms with van der Waals surface area (Å²) in [6.45, 7) is 0.241. The van der Waals surface area contributed by atoms with E-state index in [0.717, 1.165) is 10.6 Å². The van der Waals surface area contributed by atoms with Crippen molar-refractivity contribution in [1.29, 1.82) is 0 Å². The van der Waals surface area contributed by atoms with Gasteiger partial charge in [-0.15, -0.1) is 0 Å². The van der Waals surface area contributed by atoms with Crippen LogP contribution in [0.3, 0.4) is 0 Å². The maximum Gasteiger partial charge on any atom is 0.232 e. The molecule has 15 heavy (non-hydrogen) atoms. The van der Waals surface area contributed by atoms with E-state index in [1.165, 1.54) is 25.2 Å². The molecule has 0 fully saturated rings. The number of rotatable bonds is 3. The standard InChI is InChI=1S/C9H13FN2O2S/c1-12(15(2,13)14)9-5-7(6-11)3-4-8(9)10/h3-5H,6,11H2,1-2H3. The summed E-state index contributed by atoms with van der Waals surface area (Å²) in [4.78, 5) is 0. The molecule has 4 nitrogen and oxygen atoms in total. The summed E-state index contributed by atoms with van der Waals surface area (Å²) in [6.07, 6.45) is 1.02. The van der Waals surface area contributed by atoms with Gasteiger partial charge in [0.2, 0.25) is 10.0 Å². The van der Waals surface area contributed by atoms with Crippen LogP contribution in [0.1, 0.15) is 5.56 Å². The summed E-state index contributed by atoms with van der Waals surface area (Å²) < 4.78 is 36.7. The SMILES string of the molecule is CN(c1cc(CN)ccc1F)S(C)(=O)=O. The first-order chi connectivity index (χ1) is 6.86. The summed E-state index contributed by atoms with van der Waals surface area (Å²) in [5.74, 6) is -0.583. The molecule has 0 radical (unpaired) electrons. The van der Waals surface area contributed by atoms with Gasteiger partial charge in [0.05, 0.1) is 11.9 Å². The Morgan fingerprint density at radius 2 is 2.07 bits per heavy atom. The van der Waals surface area contributed by atoms with Crippen molar-refractivity contribution in [2.75, 3.05) is 17.6 Å². The van der Waals surface area contributed by atoms with Crippen molar-refractivity contribution in [2.24, 2.45) is 5.73 Å². The second kappa shape index (κ2) is 4.16. The van der Waals surface area contributed by atoms with Crippen molar-refractivity contribution < 1.29 is 12.8 Å². The molecule has 0 aliphatic rings. The Balaban J connectivity index is 3.24. The Morgan fingerprint density at radius 1 is 1.47 bits per heavy atom. The minimum atomic E-state index is -3.45. The molecule has 1 aromatic rings. The molecular weight excluding hydrogens is 219 g/mol. The van der Waals surface area contributed by atoms with Crippen molar-refractivity contribution in [1.82, 2.24) is 0 Å². The highest BCUT2D eigenvalue weighted by molar-refractivity contribution is 7.92. The van der Waals surface area contributed by atoms with Gasteiger partial charge < -0.3 is 5.73 Å². The molecule has 0 unspecified atom stereocenters. The van der Waals surface area contributed by atoms with Crippen LogP contribution in [0, 0.1) is 5.82 Å². The lowest BCUT2D eigenvalue weighted by atomic mass is 10.2. The van der Waals surface area contributed by atoms with Crippen LogP contribution in [0.25, 0.3) is 0 Å². The van der Waals surface area contributed by atoms with E-state index in [0.29, 0.717) is 5.56 Å². The van der Waals surface area contributed by atoms with E-state index in [1.54, 1.807) is 0 Å². The average molecular weight is 232 g/mol. The van der Waals surface area contributed by atoms with E-state index in [1.807, 2.05) is 0 Å². The Kier molecular flexibility index (Phi) is 3.31. The maximum absolute atomic E-state index is 13.3. The molecule has 0 aliphatic heterocycles. The van der Waals surface area contributed by atoms with Gasteiger partial charge in [-0.1, -0.05) is 6.07 Å². The molecule has 2 N–H and O–H groups in total. The zero-order valence-electron chi connectivity index (χ0n) is 8.57. The highest BCUT2D eigenvalue weighted by Crippen LogP contribution is 2.21. The van der Waals surface area contributed by atoms with Crippen LogP contribution < -0.4 is 10.0 Å². The lowest BCUT2D eigenvalue weighted by Gasteiger charge is -2.17. The molecule has 0 aliphatic carbocycles. The number of anilines is 1. The monoisotopic (exact) mass is 232 g/mol. The van der Waals surface area contributed by atoms with Crippen LogP contribution in [-0.4, -0.2) is 21.7 Å². The van der Waals surface area contributed by atoms with E-state index < -0.39 is 15.8 Å². The van der Waals surface area contributed by atoms with Gasteiger partial charge >= 0.3 is 0 Å². The zero-order chi connectivity index (χ0) is 11.6. The lowest BCUT2D eigenvalue weighted by Crippen LogP contribution is -2.26. The largest absolute Gasteiger partial charge is 0.326 e. The number of hydrogen-bond donors (Lipinski definition) is 1. The Morgan fingerprint density at radius 3 is 2.53 bits per heavy atom. The third-order valence-corrected chi connectivity index (χ3v) is 3.27. The zero-order valence-corrected chi connectivity index (χ0v) is 9.38. The number of sulfonamides is 1. The van der Waals surface area contributed by atoms with E-state index in [9.17, 15) is 12.8 Å². The molecule has 6 heteroatoms. The fraction of sp³-hybridized carbons (Fsp3) is 0.333. The van der Waals surface area contributed by atoms with E-state index in [4.69, 9.17) is 5.73 Å². The van der Waals surface area contributed by atoms with Crippen LogP contribution in [0.4, 0.5) is 10.1 Å². The first kappa shape index (κ1) is 11.9. The van der Waals surface area contributed by atoms with Gasteiger partial charge in [0.1, 0.15) is 5.82 Å². The quantitative estimate of drug-likeness (QED) is 0.833. The van der Waals surface area contributed by atoms with E-state index in [-0.39, 0.29) is 12.2 Å². The topological polar surface area (TPSA) is 63.4 Å². The number of nitrogens with zero attached hydrogens (tertiary/aromatic N) is 1. The molecule has 0 bridgehead atoms. The predicted molar refractivity (Wildman–Crippen MR) is 57.5 cm³/mol. The van der Waals surface area contributed by atoms with Crippen molar-refractivity contribution in [2.45, 2.75) is 6.54 Å². The van der Waals surface area contributed by atoms with Crippen molar-refractivity contribution in [3.05, 3.63) is 29.6 Å². The molecule has 84 valence electrons. The highest BCUT2D eigenvalue weighted by Gasteiger charge is 2.16. The van der Waals surface area contributed by atoms with Gasteiger partial charge in [0.15, 0.2) is 0 Å². The number of hydrogen-bond acceptors (Lipinski definition) is 3. The Bertz CT molecular complexity index is 459. The molecular formula is C9H13FN2O2S. The van der Waals surface area contributed by atoms with E-state index >= 15 is 0 Å². The summed E-state index contributed by atoms with van der Waals surface area (Å²) >= 11 is 0. The smallest absolute Gasteiger partial charge is 0.232 e. The van der Waals surface area contributed by atoms with Crippen LogP contribution in [0.15, 0.2) is 18.2 Å². The molecule has 0 spiro atoms. The highest BCUT2D eigenvalue weighted by atomic mass is 32.2. The van der Waals surface area contributed by atoms with Gasteiger partial charge in [0.25, 0.3) is 0 Å². The van der Waals surface area contributed by atoms with Gasteiger partial charge in [-0.25, -0.2) is 12.8 Å². The second-order valence-electron chi connectivity index (χ2n) is 3.22. The molecule has 0 atom stereocenters. The van der Waals surface area contributed by atoms with Gasteiger partial charge in [-0.3, -0.25) is 4.31 Å². The number of nitrogens with two attached hydrogens (primary N) is 1. The van der Waals surface area contributed by atoms with Crippen molar-refractivity contribution in [3.8, 4) is 0 Å².